The summed E-state index contributed by atoms with van der Waals surface area (Å²) in [6.45, 7) is 3.25. The molecule has 0 aromatic rings. The SMILES string of the molecule is CCOC(=O)C1CNCCN1S(=O)(=O)CC1CC1. The van der Waals surface area contributed by atoms with Crippen molar-refractivity contribution in [1.82, 2.24) is 9.62 Å². The first-order valence-corrected chi connectivity index (χ1v) is 8.02. The fraction of sp³-hybridized carbons (Fsp3) is 0.909. The summed E-state index contributed by atoms with van der Waals surface area (Å²) in [6, 6.07) is -0.706. The van der Waals surface area contributed by atoms with Crippen LogP contribution in [0.25, 0.3) is 0 Å². The van der Waals surface area contributed by atoms with Gasteiger partial charge in [-0.3, -0.25) is 4.79 Å². The van der Waals surface area contributed by atoms with E-state index < -0.39 is 22.0 Å². The first kappa shape index (κ1) is 13.8. The minimum Gasteiger partial charge on any atom is -0.465 e. The smallest absolute Gasteiger partial charge is 0.325 e. The van der Waals surface area contributed by atoms with Crippen LogP contribution in [0, 0.1) is 5.92 Å². The van der Waals surface area contributed by atoms with Gasteiger partial charge in [0.25, 0.3) is 0 Å². The van der Waals surface area contributed by atoms with E-state index in [9.17, 15) is 13.2 Å². The molecular weight excluding hydrogens is 256 g/mol. The second-order valence-electron chi connectivity index (χ2n) is 4.80. The molecule has 104 valence electrons. The van der Waals surface area contributed by atoms with Gasteiger partial charge in [0.2, 0.25) is 10.0 Å². The zero-order valence-electron chi connectivity index (χ0n) is 10.6. The molecule has 0 aromatic heterocycles. The Morgan fingerprint density at radius 2 is 2.17 bits per heavy atom. The Balaban J connectivity index is 2.08. The maximum absolute atomic E-state index is 12.2. The Kier molecular flexibility index (Phi) is 4.24. The van der Waals surface area contributed by atoms with Gasteiger partial charge in [0.05, 0.1) is 12.4 Å². The highest BCUT2D eigenvalue weighted by Gasteiger charge is 2.40. The Bertz CT molecular complexity index is 405. The molecular formula is C11H20N2O4S. The summed E-state index contributed by atoms with van der Waals surface area (Å²) in [7, 11) is -3.34. The van der Waals surface area contributed by atoms with E-state index in [-0.39, 0.29) is 18.3 Å². The van der Waals surface area contributed by atoms with Crippen molar-refractivity contribution in [2.24, 2.45) is 5.92 Å². The summed E-state index contributed by atoms with van der Waals surface area (Å²) >= 11 is 0. The number of ether oxygens (including phenoxy) is 1. The third kappa shape index (κ3) is 3.21. The Hall–Kier alpha value is -0.660. The molecule has 1 aliphatic carbocycles. The minimum atomic E-state index is -3.34. The number of rotatable bonds is 5. The first-order chi connectivity index (χ1) is 8.54. The van der Waals surface area contributed by atoms with Crippen molar-refractivity contribution < 1.29 is 17.9 Å². The van der Waals surface area contributed by atoms with E-state index in [2.05, 4.69) is 5.32 Å². The molecule has 1 unspecified atom stereocenters. The summed E-state index contributed by atoms with van der Waals surface area (Å²) in [4.78, 5) is 11.8. The van der Waals surface area contributed by atoms with Gasteiger partial charge in [-0.15, -0.1) is 0 Å². The molecule has 2 fully saturated rings. The van der Waals surface area contributed by atoms with Gasteiger partial charge in [-0.1, -0.05) is 0 Å². The van der Waals surface area contributed by atoms with Crippen molar-refractivity contribution in [3.8, 4) is 0 Å². The van der Waals surface area contributed by atoms with Gasteiger partial charge in [-0.05, 0) is 25.7 Å². The molecule has 0 aromatic carbocycles. The third-order valence-electron chi connectivity index (χ3n) is 3.25. The van der Waals surface area contributed by atoms with Gasteiger partial charge < -0.3 is 10.1 Å². The highest BCUT2D eigenvalue weighted by atomic mass is 32.2. The highest BCUT2D eigenvalue weighted by molar-refractivity contribution is 7.89. The van der Waals surface area contributed by atoms with Crippen molar-refractivity contribution in [3.05, 3.63) is 0 Å². The normalized spacial score (nSPS) is 25.9. The molecule has 2 rings (SSSR count). The number of sulfonamides is 1. The second kappa shape index (κ2) is 5.54. The number of carbonyl (C=O) groups is 1. The lowest BCUT2D eigenvalue weighted by Crippen LogP contribution is -2.57. The zero-order valence-corrected chi connectivity index (χ0v) is 11.4. The van der Waals surface area contributed by atoms with Crippen molar-refractivity contribution in [3.63, 3.8) is 0 Å². The van der Waals surface area contributed by atoms with Gasteiger partial charge in [0.1, 0.15) is 6.04 Å². The number of piperazine rings is 1. The van der Waals surface area contributed by atoms with Crippen LogP contribution in [-0.2, 0) is 19.6 Å². The fourth-order valence-electron chi connectivity index (χ4n) is 2.14. The average Bonchev–Trinajstić information content (AvgIpc) is 3.12. The molecule has 18 heavy (non-hydrogen) atoms. The van der Waals surface area contributed by atoms with E-state index >= 15 is 0 Å². The van der Waals surface area contributed by atoms with Crippen molar-refractivity contribution in [1.29, 1.82) is 0 Å². The zero-order chi connectivity index (χ0) is 13.2. The largest absolute Gasteiger partial charge is 0.465 e. The monoisotopic (exact) mass is 276 g/mol. The maximum atomic E-state index is 12.2. The predicted molar refractivity (Wildman–Crippen MR) is 66.5 cm³/mol. The van der Waals surface area contributed by atoms with Crippen LogP contribution in [0.1, 0.15) is 19.8 Å². The summed E-state index contributed by atoms with van der Waals surface area (Å²) < 4.78 is 30.8. The van der Waals surface area contributed by atoms with Crippen molar-refractivity contribution in [2.75, 3.05) is 32.0 Å². The lowest BCUT2D eigenvalue weighted by Gasteiger charge is -2.33. The first-order valence-electron chi connectivity index (χ1n) is 6.41. The maximum Gasteiger partial charge on any atom is 0.325 e. The van der Waals surface area contributed by atoms with Crippen LogP contribution >= 0.6 is 0 Å². The summed E-state index contributed by atoms with van der Waals surface area (Å²) in [5.74, 6) is -0.0000781. The quantitative estimate of drug-likeness (QED) is 0.689. The van der Waals surface area contributed by atoms with Crippen molar-refractivity contribution in [2.45, 2.75) is 25.8 Å². The van der Waals surface area contributed by atoms with Crippen LogP contribution in [0.15, 0.2) is 0 Å². The Morgan fingerprint density at radius 3 is 2.78 bits per heavy atom. The third-order valence-corrected chi connectivity index (χ3v) is 5.30. The Labute approximate surface area is 108 Å². The molecule has 7 heteroatoms. The lowest BCUT2D eigenvalue weighted by atomic mass is 10.2. The fourth-order valence-corrected chi connectivity index (χ4v) is 4.17. The van der Waals surface area contributed by atoms with Crippen LogP contribution < -0.4 is 5.32 Å². The molecule has 1 aliphatic heterocycles. The number of esters is 1. The summed E-state index contributed by atoms with van der Waals surface area (Å²) in [6.07, 6.45) is 1.96. The summed E-state index contributed by atoms with van der Waals surface area (Å²) in [5.41, 5.74) is 0. The van der Waals surface area contributed by atoms with Gasteiger partial charge in [-0.2, -0.15) is 4.31 Å². The standard InChI is InChI=1S/C11H20N2O4S/c1-2-17-11(14)10-7-12-5-6-13(10)18(15,16)8-9-3-4-9/h9-10,12H,2-8H2,1H3. The predicted octanol–water partition coefficient (Wildman–Crippen LogP) is -0.437. The number of nitrogens with zero attached hydrogens (tertiary/aromatic N) is 1. The highest BCUT2D eigenvalue weighted by Crippen LogP contribution is 2.31. The molecule has 1 saturated carbocycles. The molecule has 1 N–H and O–H groups in total. The van der Waals surface area contributed by atoms with E-state index in [0.717, 1.165) is 12.8 Å². The van der Waals surface area contributed by atoms with Gasteiger partial charge >= 0.3 is 5.97 Å². The van der Waals surface area contributed by atoms with E-state index in [1.807, 2.05) is 0 Å². The molecule has 1 atom stereocenters. The minimum absolute atomic E-state index is 0.170. The number of carbonyl (C=O) groups excluding carboxylic acids is 1. The van der Waals surface area contributed by atoms with Crippen LogP contribution in [0.5, 0.6) is 0 Å². The van der Waals surface area contributed by atoms with Gasteiger partial charge in [0, 0.05) is 19.6 Å². The van der Waals surface area contributed by atoms with E-state index in [1.54, 1.807) is 6.92 Å². The topological polar surface area (TPSA) is 75.7 Å². The average molecular weight is 276 g/mol. The molecule has 0 spiro atoms. The van der Waals surface area contributed by atoms with E-state index in [4.69, 9.17) is 4.74 Å². The molecule has 2 aliphatic rings. The summed E-state index contributed by atoms with van der Waals surface area (Å²) in [5, 5.41) is 3.04. The number of nitrogens with one attached hydrogen (secondary N) is 1. The van der Waals surface area contributed by atoms with Crippen LogP contribution in [0.2, 0.25) is 0 Å². The van der Waals surface area contributed by atoms with Gasteiger partial charge in [0.15, 0.2) is 0 Å². The molecule has 6 nitrogen and oxygen atoms in total. The van der Waals surface area contributed by atoms with Crippen molar-refractivity contribution >= 4 is 16.0 Å². The number of hydrogen-bond donors (Lipinski definition) is 1. The second-order valence-corrected chi connectivity index (χ2v) is 6.77. The lowest BCUT2D eigenvalue weighted by molar-refractivity contribution is -0.148. The molecule has 0 radical (unpaired) electrons. The van der Waals surface area contributed by atoms with E-state index in [1.165, 1.54) is 4.31 Å². The number of hydrogen-bond acceptors (Lipinski definition) is 5. The van der Waals surface area contributed by atoms with Crippen LogP contribution in [0.4, 0.5) is 0 Å². The van der Waals surface area contributed by atoms with E-state index in [0.29, 0.717) is 19.6 Å². The molecule has 0 bridgehead atoms. The Morgan fingerprint density at radius 1 is 1.44 bits per heavy atom. The molecule has 0 amide bonds. The molecule has 1 saturated heterocycles. The molecule has 1 heterocycles. The van der Waals surface area contributed by atoms with Crippen LogP contribution in [-0.4, -0.2) is 56.7 Å². The van der Waals surface area contributed by atoms with Gasteiger partial charge in [-0.25, -0.2) is 8.42 Å². The van der Waals surface area contributed by atoms with Crippen LogP contribution in [0.3, 0.4) is 0 Å².